The number of pyridine rings is 1. The SMILES string of the molecule is N#Cc1ccc(COc2cccc(N3C=NN(Cc4nc5c(C6CC6)cc(C(=O)O)cc5n4C[C@@H]4CCO4)CC3)n2)c(F)c1. The molecule has 4 heterocycles. The smallest absolute Gasteiger partial charge is 0.335 e. The molecule has 2 aromatic heterocycles. The molecule has 2 aliphatic heterocycles. The highest BCUT2D eigenvalue weighted by molar-refractivity contribution is 5.94. The molecule has 4 aromatic rings. The molecule has 3 aliphatic rings. The molecule has 11 nitrogen and oxygen atoms in total. The summed E-state index contributed by atoms with van der Waals surface area (Å²) in [4.78, 5) is 23.5. The summed E-state index contributed by atoms with van der Waals surface area (Å²) in [5.41, 5.74) is 3.60. The Labute approximate surface area is 252 Å². The number of hydrogen-bond acceptors (Lipinski definition) is 9. The van der Waals surface area contributed by atoms with Crippen LogP contribution in [0.25, 0.3) is 11.0 Å². The van der Waals surface area contributed by atoms with Crippen LogP contribution >= 0.6 is 0 Å². The van der Waals surface area contributed by atoms with Crippen LogP contribution in [0.5, 0.6) is 5.88 Å². The topological polar surface area (TPSA) is 129 Å². The molecular weight excluding hydrogens is 565 g/mol. The van der Waals surface area contributed by atoms with Gasteiger partial charge in [0.1, 0.15) is 30.4 Å². The fraction of sp³-hybridized carbons (Fsp3) is 0.344. The number of fused-ring (bicyclic) bond motifs is 1. The Hall–Kier alpha value is -5.02. The van der Waals surface area contributed by atoms with E-state index < -0.39 is 11.8 Å². The van der Waals surface area contributed by atoms with E-state index in [-0.39, 0.29) is 23.8 Å². The van der Waals surface area contributed by atoms with E-state index in [0.717, 1.165) is 48.3 Å². The Balaban J connectivity index is 1.08. The number of aromatic carboxylic acids is 1. The maximum Gasteiger partial charge on any atom is 0.335 e. The molecule has 1 N–H and O–H groups in total. The number of hydrazone groups is 1. The number of ether oxygens (including phenoxy) is 2. The van der Waals surface area contributed by atoms with Crippen LogP contribution in [0.2, 0.25) is 0 Å². The number of imidazole rings is 1. The average Bonchev–Trinajstić information content (AvgIpc) is 3.80. The first kappa shape index (κ1) is 27.8. The van der Waals surface area contributed by atoms with Crippen LogP contribution in [-0.4, -0.2) is 62.8 Å². The van der Waals surface area contributed by atoms with Crippen molar-refractivity contribution in [1.29, 1.82) is 5.26 Å². The highest BCUT2D eigenvalue weighted by Gasteiger charge is 2.31. The second kappa shape index (κ2) is 11.6. The van der Waals surface area contributed by atoms with Gasteiger partial charge < -0.3 is 24.0 Å². The number of anilines is 1. The highest BCUT2D eigenvalue weighted by atomic mass is 19.1. The van der Waals surface area contributed by atoms with Crippen molar-refractivity contribution in [2.24, 2.45) is 5.10 Å². The molecule has 1 saturated carbocycles. The van der Waals surface area contributed by atoms with Crippen LogP contribution in [0, 0.1) is 17.1 Å². The zero-order chi connectivity index (χ0) is 30.2. The standard InChI is InChI=1S/C32H30FN7O4/c33-26-12-20(15-34)4-5-22(26)18-44-30-3-1-2-28(36-30)38-9-10-39(35-19-38)17-29-37-31-25(21-6-7-21)13-23(32(41)42)14-27(31)40(29)16-24-8-11-43-24/h1-5,12-14,19,21,24H,6-11,16-18H2,(H,41,42)/t24-/m0/s1. The fourth-order valence-corrected chi connectivity index (χ4v) is 5.54. The molecule has 224 valence electrons. The maximum atomic E-state index is 14.3. The number of nitrogens with zero attached hydrogens (tertiary/aromatic N) is 7. The lowest BCUT2D eigenvalue weighted by molar-refractivity contribution is -0.0592. The van der Waals surface area contributed by atoms with Crippen molar-refractivity contribution in [3.05, 3.63) is 82.4 Å². The van der Waals surface area contributed by atoms with Crippen molar-refractivity contribution in [1.82, 2.24) is 19.5 Å². The van der Waals surface area contributed by atoms with Crippen molar-refractivity contribution < 1.29 is 23.8 Å². The third kappa shape index (κ3) is 5.66. The highest BCUT2D eigenvalue weighted by Crippen LogP contribution is 2.43. The zero-order valence-electron chi connectivity index (χ0n) is 23.9. The largest absolute Gasteiger partial charge is 0.478 e. The zero-order valence-corrected chi connectivity index (χ0v) is 23.9. The molecule has 0 unspecified atom stereocenters. The molecule has 44 heavy (non-hydrogen) atoms. The summed E-state index contributed by atoms with van der Waals surface area (Å²) in [7, 11) is 0. The predicted octanol–water partition coefficient (Wildman–Crippen LogP) is 4.65. The lowest BCUT2D eigenvalue weighted by atomic mass is 10.0. The van der Waals surface area contributed by atoms with E-state index in [1.807, 2.05) is 28.1 Å². The number of carboxylic acid groups (broad SMARTS) is 1. The number of nitriles is 1. The first-order valence-electron chi connectivity index (χ1n) is 14.7. The summed E-state index contributed by atoms with van der Waals surface area (Å²) < 4.78 is 27.9. The van der Waals surface area contributed by atoms with Gasteiger partial charge >= 0.3 is 5.97 Å². The van der Waals surface area contributed by atoms with Gasteiger partial charge in [-0.25, -0.2) is 14.2 Å². The van der Waals surface area contributed by atoms with E-state index in [9.17, 15) is 14.3 Å². The van der Waals surface area contributed by atoms with Gasteiger partial charge in [-0.3, -0.25) is 5.01 Å². The van der Waals surface area contributed by atoms with Crippen molar-refractivity contribution in [3.63, 3.8) is 0 Å². The van der Waals surface area contributed by atoms with E-state index in [0.29, 0.717) is 49.4 Å². The first-order chi connectivity index (χ1) is 21.4. The number of halogens is 1. The Morgan fingerprint density at radius 3 is 2.68 bits per heavy atom. The number of benzene rings is 2. The van der Waals surface area contributed by atoms with Crippen LogP contribution in [0.4, 0.5) is 10.2 Å². The summed E-state index contributed by atoms with van der Waals surface area (Å²) in [6, 6.07) is 15.1. The number of carboxylic acids is 1. The van der Waals surface area contributed by atoms with E-state index >= 15 is 0 Å². The number of carbonyl (C=O) groups is 1. The van der Waals surface area contributed by atoms with Crippen LogP contribution in [-0.2, 0) is 24.4 Å². The molecule has 0 bridgehead atoms. The number of rotatable bonds is 10. The van der Waals surface area contributed by atoms with Crippen molar-refractivity contribution >= 4 is 29.2 Å². The minimum absolute atomic E-state index is 0.0147. The molecule has 12 heteroatoms. The molecule has 2 fully saturated rings. The summed E-state index contributed by atoms with van der Waals surface area (Å²) >= 11 is 0. The minimum Gasteiger partial charge on any atom is -0.478 e. The van der Waals surface area contributed by atoms with Crippen molar-refractivity contribution in [2.75, 3.05) is 24.6 Å². The van der Waals surface area contributed by atoms with Gasteiger partial charge in [-0.05, 0) is 61.1 Å². The lowest BCUT2D eigenvalue weighted by Crippen LogP contribution is -2.38. The van der Waals surface area contributed by atoms with Gasteiger partial charge in [0.05, 0.1) is 54.0 Å². The molecule has 0 amide bonds. The third-order valence-electron chi connectivity index (χ3n) is 8.24. The molecule has 2 aromatic carbocycles. The Bertz CT molecular complexity index is 1810. The fourth-order valence-electron chi connectivity index (χ4n) is 5.54. The molecule has 0 spiro atoms. The van der Waals surface area contributed by atoms with Crippen LogP contribution < -0.4 is 9.64 Å². The van der Waals surface area contributed by atoms with Gasteiger partial charge in [0.15, 0.2) is 0 Å². The average molecular weight is 596 g/mol. The van der Waals surface area contributed by atoms with Gasteiger partial charge in [-0.15, -0.1) is 0 Å². The van der Waals surface area contributed by atoms with Crippen molar-refractivity contribution in [3.8, 4) is 11.9 Å². The second-order valence-electron chi connectivity index (χ2n) is 11.3. The first-order valence-corrected chi connectivity index (χ1v) is 14.7. The summed E-state index contributed by atoms with van der Waals surface area (Å²) in [6.45, 7) is 3.03. The molecule has 7 rings (SSSR count). The molecule has 1 aliphatic carbocycles. The Morgan fingerprint density at radius 1 is 1.14 bits per heavy atom. The van der Waals surface area contributed by atoms with Gasteiger partial charge in [0, 0.05) is 24.8 Å². The molecule has 1 atom stereocenters. The lowest BCUT2D eigenvalue weighted by Gasteiger charge is -2.30. The summed E-state index contributed by atoms with van der Waals surface area (Å²) in [5.74, 6) is 0.743. The Kier molecular flexibility index (Phi) is 7.31. The van der Waals surface area contributed by atoms with Gasteiger partial charge in [0.25, 0.3) is 0 Å². The van der Waals surface area contributed by atoms with Gasteiger partial charge in [-0.2, -0.15) is 15.3 Å². The van der Waals surface area contributed by atoms with Gasteiger partial charge in [-0.1, -0.05) is 12.1 Å². The Morgan fingerprint density at radius 2 is 2.00 bits per heavy atom. The number of aromatic nitrogens is 3. The second-order valence-corrected chi connectivity index (χ2v) is 11.3. The van der Waals surface area contributed by atoms with Crippen LogP contribution in [0.3, 0.4) is 0 Å². The molecular formula is C32H30FN7O4. The van der Waals surface area contributed by atoms with Crippen LogP contribution in [0.1, 0.15) is 58.1 Å². The van der Waals surface area contributed by atoms with E-state index in [4.69, 9.17) is 19.7 Å². The third-order valence-corrected chi connectivity index (χ3v) is 8.24. The van der Waals surface area contributed by atoms with Crippen LogP contribution in [0.15, 0.2) is 53.6 Å². The quantitative estimate of drug-likeness (QED) is 0.279. The van der Waals surface area contributed by atoms with E-state index in [1.54, 1.807) is 30.6 Å². The van der Waals surface area contributed by atoms with Gasteiger partial charge in [0.2, 0.25) is 5.88 Å². The predicted molar refractivity (Wildman–Crippen MR) is 159 cm³/mol. The van der Waals surface area contributed by atoms with E-state index in [1.165, 1.54) is 12.1 Å². The number of hydrogen-bond donors (Lipinski definition) is 1. The monoisotopic (exact) mass is 595 g/mol. The maximum absolute atomic E-state index is 14.3. The summed E-state index contributed by atoms with van der Waals surface area (Å²) in [5, 5.41) is 25.4. The summed E-state index contributed by atoms with van der Waals surface area (Å²) in [6.07, 6.45) is 4.85. The molecule has 1 saturated heterocycles. The molecule has 0 radical (unpaired) electrons. The van der Waals surface area contributed by atoms with E-state index in [2.05, 4.69) is 14.7 Å². The van der Waals surface area contributed by atoms with Crippen molar-refractivity contribution in [2.45, 2.75) is 51.0 Å². The normalized spacial score (nSPS) is 17.9. The minimum atomic E-state index is -0.937.